The maximum Gasteiger partial charge on any atom is 0.255 e. The molecule has 0 saturated heterocycles. The van der Waals surface area contributed by atoms with Gasteiger partial charge in [0.2, 0.25) is 10.0 Å². The highest BCUT2D eigenvalue weighted by Crippen LogP contribution is 2.18. The second-order valence-corrected chi connectivity index (χ2v) is 7.10. The number of anilines is 1. The average Bonchev–Trinajstić information content (AvgIpc) is 2.50. The van der Waals surface area contributed by atoms with E-state index in [4.69, 9.17) is 0 Å². The molecule has 0 aliphatic rings. The number of halogens is 2. The minimum Gasteiger partial charge on any atom is -0.319 e. The van der Waals surface area contributed by atoms with Crippen molar-refractivity contribution in [2.75, 3.05) is 5.32 Å². The van der Waals surface area contributed by atoms with Crippen LogP contribution in [0.4, 0.5) is 14.5 Å². The van der Waals surface area contributed by atoms with Gasteiger partial charge in [0, 0.05) is 17.7 Å². The van der Waals surface area contributed by atoms with Crippen molar-refractivity contribution in [3.8, 4) is 0 Å². The van der Waals surface area contributed by atoms with E-state index in [0.29, 0.717) is 0 Å². The highest BCUT2D eigenvalue weighted by Gasteiger charge is 2.18. The molecule has 8 heteroatoms. The molecule has 0 bridgehead atoms. The van der Waals surface area contributed by atoms with Crippen LogP contribution < -0.4 is 10.0 Å². The molecule has 128 valence electrons. The molecular formula is C16H16F2N2O3S. The Morgan fingerprint density at radius 1 is 1.08 bits per heavy atom. The molecule has 0 spiro atoms. The maximum absolute atomic E-state index is 13.6. The van der Waals surface area contributed by atoms with Crippen molar-refractivity contribution in [1.29, 1.82) is 0 Å². The summed E-state index contributed by atoms with van der Waals surface area (Å²) in [5.74, 6) is -2.25. The van der Waals surface area contributed by atoms with Crippen LogP contribution in [0.3, 0.4) is 0 Å². The zero-order valence-corrected chi connectivity index (χ0v) is 13.8. The van der Waals surface area contributed by atoms with Gasteiger partial charge in [0.1, 0.15) is 11.6 Å². The lowest BCUT2D eigenvalue weighted by atomic mass is 10.2. The molecule has 1 amide bonds. The number of benzene rings is 2. The first-order valence-corrected chi connectivity index (χ1v) is 8.56. The standard InChI is InChI=1S/C16H16F2N2O3S/c1-10(2)20-24(22,23)13-5-3-4-11(8-13)16(21)19-15-9-12(17)6-7-14(15)18/h3-10,20H,1-2H3,(H,19,21). The van der Waals surface area contributed by atoms with Crippen LogP contribution in [0.1, 0.15) is 24.2 Å². The summed E-state index contributed by atoms with van der Waals surface area (Å²) in [5, 5.41) is 2.22. The van der Waals surface area contributed by atoms with Crippen LogP contribution in [0.25, 0.3) is 0 Å². The smallest absolute Gasteiger partial charge is 0.255 e. The number of amides is 1. The van der Waals surface area contributed by atoms with E-state index >= 15 is 0 Å². The van der Waals surface area contributed by atoms with Gasteiger partial charge >= 0.3 is 0 Å². The normalized spacial score (nSPS) is 11.5. The Morgan fingerprint density at radius 2 is 1.79 bits per heavy atom. The van der Waals surface area contributed by atoms with Crippen molar-refractivity contribution >= 4 is 21.6 Å². The van der Waals surface area contributed by atoms with Crippen LogP contribution in [-0.4, -0.2) is 20.4 Å². The van der Waals surface area contributed by atoms with Gasteiger partial charge in [-0.3, -0.25) is 4.79 Å². The lowest BCUT2D eigenvalue weighted by Gasteiger charge is -2.11. The summed E-state index contributed by atoms with van der Waals surface area (Å²) in [5.41, 5.74) is -0.321. The molecule has 0 unspecified atom stereocenters. The Hall–Kier alpha value is -2.32. The Balaban J connectivity index is 2.28. The molecule has 0 aromatic heterocycles. The average molecular weight is 354 g/mol. The highest BCUT2D eigenvalue weighted by atomic mass is 32.2. The van der Waals surface area contributed by atoms with Crippen LogP contribution in [0, 0.1) is 11.6 Å². The summed E-state index contributed by atoms with van der Waals surface area (Å²) < 4.78 is 53.3. The van der Waals surface area contributed by atoms with E-state index in [2.05, 4.69) is 10.0 Å². The van der Waals surface area contributed by atoms with Gasteiger partial charge in [-0.05, 0) is 44.2 Å². The first kappa shape index (κ1) is 18.0. The van der Waals surface area contributed by atoms with Gasteiger partial charge in [-0.2, -0.15) is 0 Å². The van der Waals surface area contributed by atoms with Crippen molar-refractivity contribution in [2.45, 2.75) is 24.8 Å². The fourth-order valence-electron chi connectivity index (χ4n) is 1.97. The van der Waals surface area contributed by atoms with Crippen LogP contribution in [-0.2, 0) is 10.0 Å². The van der Waals surface area contributed by atoms with Gasteiger partial charge in [-0.25, -0.2) is 21.9 Å². The highest BCUT2D eigenvalue weighted by molar-refractivity contribution is 7.89. The van der Waals surface area contributed by atoms with E-state index in [1.165, 1.54) is 18.2 Å². The van der Waals surface area contributed by atoms with Gasteiger partial charge in [0.15, 0.2) is 0 Å². The van der Waals surface area contributed by atoms with Crippen molar-refractivity contribution in [3.05, 3.63) is 59.7 Å². The summed E-state index contributed by atoms with van der Waals surface area (Å²) in [7, 11) is -3.77. The molecule has 0 fully saturated rings. The lowest BCUT2D eigenvalue weighted by Crippen LogP contribution is -2.30. The zero-order chi connectivity index (χ0) is 17.9. The van der Waals surface area contributed by atoms with E-state index in [1.807, 2.05) is 0 Å². The van der Waals surface area contributed by atoms with Crippen molar-refractivity contribution in [3.63, 3.8) is 0 Å². The van der Waals surface area contributed by atoms with Crippen LogP contribution in [0.15, 0.2) is 47.4 Å². The molecule has 2 aromatic rings. The molecular weight excluding hydrogens is 338 g/mol. The van der Waals surface area contributed by atoms with Crippen molar-refractivity contribution in [2.24, 2.45) is 0 Å². The largest absolute Gasteiger partial charge is 0.319 e. The molecule has 2 N–H and O–H groups in total. The minimum absolute atomic E-state index is 0.00490. The van der Waals surface area contributed by atoms with Crippen LogP contribution in [0.5, 0.6) is 0 Å². The zero-order valence-electron chi connectivity index (χ0n) is 13.0. The molecule has 2 aromatic carbocycles. The van der Waals surface area contributed by atoms with E-state index in [0.717, 1.165) is 24.3 Å². The molecule has 24 heavy (non-hydrogen) atoms. The number of nitrogens with one attached hydrogen (secondary N) is 2. The molecule has 0 aliphatic carbocycles. The number of hydrogen-bond donors (Lipinski definition) is 2. The Morgan fingerprint density at radius 3 is 2.46 bits per heavy atom. The first-order valence-electron chi connectivity index (χ1n) is 7.08. The Labute approximate surface area is 138 Å². The molecule has 0 atom stereocenters. The third-order valence-electron chi connectivity index (χ3n) is 2.97. The SMILES string of the molecule is CC(C)NS(=O)(=O)c1cccc(C(=O)Nc2cc(F)ccc2F)c1. The van der Waals surface area contributed by atoms with E-state index < -0.39 is 27.6 Å². The van der Waals surface area contributed by atoms with Gasteiger partial charge in [-0.15, -0.1) is 0 Å². The van der Waals surface area contributed by atoms with Gasteiger partial charge in [-0.1, -0.05) is 6.07 Å². The second-order valence-electron chi connectivity index (χ2n) is 5.38. The second kappa shape index (κ2) is 7.06. The Bertz CT molecular complexity index is 867. The topological polar surface area (TPSA) is 75.3 Å². The fourth-order valence-corrected chi connectivity index (χ4v) is 3.27. The van der Waals surface area contributed by atoms with Crippen LogP contribution >= 0.6 is 0 Å². The molecule has 0 aliphatic heterocycles. The van der Waals surface area contributed by atoms with Gasteiger partial charge in [0.25, 0.3) is 5.91 Å². The fraction of sp³-hybridized carbons (Fsp3) is 0.188. The molecule has 0 heterocycles. The van der Waals surface area contributed by atoms with E-state index in [-0.39, 0.29) is 22.2 Å². The summed E-state index contributed by atoms with van der Waals surface area (Å²) in [4.78, 5) is 12.1. The summed E-state index contributed by atoms with van der Waals surface area (Å²) in [6, 6.07) is 7.62. The van der Waals surface area contributed by atoms with E-state index in [9.17, 15) is 22.0 Å². The first-order chi connectivity index (χ1) is 11.2. The predicted molar refractivity (Wildman–Crippen MR) is 86.2 cm³/mol. The maximum atomic E-state index is 13.6. The third-order valence-corrected chi connectivity index (χ3v) is 4.63. The quantitative estimate of drug-likeness (QED) is 0.867. The monoisotopic (exact) mass is 354 g/mol. The van der Waals surface area contributed by atoms with E-state index in [1.54, 1.807) is 13.8 Å². The molecule has 0 radical (unpaired) electrons. The van der Waals surface area contributed by atoms with Gasteiger partial charge in [0.05, 0.1) is 10.6 Å². The summed E-state index contributed by atoms with van der Waals surface area (Å²) >= 11 is 0. The number of carbonyl (C=O) groups excluding carboxylic acids is 1. The minimum atomic E-state index is -3.77. The molecule has 0 saturated carbocycles. The van der Waals surface area contributed by atoms with Crippen LogP contribution in [0.2, 0.25) is 0 Å². The number of hydrogen-bond acceptors (Lipinski definition) is 3. The molecule has 2 rings (SSSR count). The summed E-state index contributed by atoms with van der Waals surface area (Å²) in [6.07, 6.45) is 0. The Kier molecular flexibility index (Phi) is 5.30. The predicted octanol–water partition coefficient (Wildman–Crippen LogP) is 2.90. The number of rotatable bonds is 5. The number of sulfonamides is 1. The van der Waals surface area contributed by atoms with Crippen molar-refractivity contribution < 1.29 is 22.0 Å². The third kappa shape index (κ3) is 4.36. The summed E-state index contributed by atoms with van der Waals surface area (Å²) in [6.45, 7) is 3.33. The van der Waals surface area contributed by atoms with Crippen molar-refractivity contribution in [1.82, 2.24) is 4.72 Å². The lowest BCUT2D eigenvalue weighted by molar-refractivity contribution is 0.102. The molecule has 5 nitrogen and oxygen atoms in total. The number of carbonyl (C=O) groups is 1. The van der Waals surface area contributed by atoms with Gasteiger partial charge < -0.3 is 5.32 Å².